The number of para-hydroxylation sites is 4. The molecule has 0 N–H and O–H groups in total. The van der Waals surface area contributed by atoms with E-state index < -0.39 is 0 Å². The number of rotatable bonds is 3. The number of aromatic nitrogens is 2. The molecule has 0 fully saturated rings. The average Bonchev–Trinajstić information content (AvgIpc) is 3.95. The third kappa shape index (κ3) is 3.60. The number of hydrogen-bond acceptors (Lipinski definition) is 2. The number of fused-ring (bicyclic) bond motifs is 13. The Morgan fingerprint density at radius 2 is 0.808 bits per heavy atom. The summed E-state index contributed by atoms with van der Waals surface area (Å²) in [5.74, 6) is 0. The zero-order valence-electron chi connectivity index (χ0n) is 27.9. The van der Waals surface area contributed by atoms with Crippen LogP contribution in [-0.4, -0.2) is 9.13 Å². The summed E-state index contributed by atoms with van der Waals surface area (Å²) in [4.78, 5) is 0. The second kappa shape index (κ2) is 10.3. The molecule has 0 radical (unpaired) electrons. The summed E-state index contributed by atoms with van der Waals surface area (Å²) in [6, 6.07) is 60.5. The number of benzene rings is 8. The number of furan rings is 2. The molecule has 0 bridgehead atoms. The number of nitrogens with zero attached hydrogens (tertiary/aromatic N) is 2. The Labute approximate surface area is 296 Å². The lowest BCUT2D eigenvalue weighted by atomic mass is 9.94. The smallest absolute Gasteiger partial charge is 0.137 e. The Morgan fingerprint density at radius 3 is 1.58 bits per heavy atom. The van der Waals surface area contributed by atoms with Gasteiger partial charge < -0.3 is 18.0 Å². The fraction of sp³-hybridized carbons (Fsp3) is 0. The van der Waals surface area contributed by atoms with Crippen LogP contribution in [0.2, 0.25) is 0 Å². The van der Waals surface area contributed by atoms with Crippen molar-refractivity contribution in [1.82, 2.24) is 9.13 Å². The Bertz CT molecular complexity index is 3410. The van der Waals surface area contributed by atoms with Gasteiger partial charge in [-0.1, -0.05) is 103 Å². The molecule has 0 saturated heterocycles. The topological polar surface area (TPSA) is 36.1 Å². The van der Waals surface area contributed by atoms with E-state index in [0.29, 0.717) is 0 Å². The first-order valence-corrected chi connectivity index (χ1v) is 17.7. The molecule has 0 amide bonds. The Morgan fingerprint density at radius 1 is 0.288 bits per heavy atom. The van der Waals surface area contributed by atoms with Gasteiger partial charge >= 0.3 is 0 Å². The highest BCUT2D eigenvalue weighted by atomic mass is 16.3. The maximum Gasteiger partial charge on any atom is 0.137 e. The monoisotopic (exact) mass is 664 g/mol. The summed E-state index contributed by atoms with van der Waals surface area (Å²) in [5, 5.41) is 9.36. The summed E-state index contributed by atoms with van der Waals surface area (Å²) >= 11 is 0. The third-order valence-corrected chi connectivity index (χ3v) is 10.9. The van der Waals surface area contributed by atoms with Crippen molar-refractivity contribution in [1.29, 1.82) is 0 Å². The van der Waals surface area contributed by atoms with Crippen molar-refractivity contribution < 1.29 is 8.83 Å². The summed E-state index contributed by atoms with van der Waals surface area (Å²) in [5.41, 5.74) is 12.7. The van der Waals surface area contributed by atoms with Crippen LogP contribution in [0.5, 0.6) is 0 Å². The lowest BCUT2D eigenvalue weighted by Gasteiger charge is -2.11. The molecule has 4 heteroatoms. The van der Waals surface area contributed by atoms with E-state index in [4.69, 9.17) is 8.83 Å². The van der Waals surface area contributed by atoms with Gasteiger partial charge in [0, 0.05) is 43.4 Å². The van der Waals surface area contributed by atoms with Crippen LogP contribution < -0.4 is 0 Å². The summed E-state index contributed by atoms with van der Waals surface area (Å²) < 4.78 is 17.7. The molecule has 4 nitrogen and oxygen atoms in total. The van der Waals surface area contributed by atoms with E-state index in [9.17, 15) is 0 Å². The van der Waals surface area contributed by atoms with Gasteiger partial charge in [-0.3, -0.25) is 0 Å². The summed E-state index contributed by atoms with van der Waals surface area (Å²) in [7, 11) is 0. The molecule has 0 saturated carbocycles. The van der Waals surface area contributed by atoms with Gasteiger partial charge in [0.2, 0.25) is 0 Å². The van der Waals surface area contributed by atoms with Gasteiger partial charge in [-0.05, 0) is 77.9 Å². The maximum atomic E-state index is 6.44. The fourth-order valence-electron chi connectivity index (χ4n) is 8.89. The van der Waals surface area contributed by atoms with Crippen molar-refractivity contribution in [3.8, 4) is 22.5 Å². The molecule has 4 aromatic heterocycles. The van der Waals surface area contributed by atoms with Crippen LogP contribution in [0, 0.1) is 0 Å². The molecule has 8 aromatic carbocycles. The van der Waals surface area contributed by atoms with Gasteiger partial charge in [0.1, 0.15) is 22.3 Å². The Kier molecular flexibility index (Phi) is 5.47. The van der Waals surface area contributed by atoms with Crippen molar-refractivity contribution in [3.05, 3.63) is 170 Å². The van der Waals surface area contributed by atoms with Crippen LogP contribution >= 0.6 is 0 Å². The molecule has 4 heterocycles. The van der Waals surface area contributed by atoms with Gasteiger partial charge in [0.25, 0.3) is 0 Å². The van der Waals surface area contributed by atoms with E-state index in [1.165, 1.54) is 38.1 Å². The molecular weight excluding hydrogens is 637 g/mol. The predicted octanol–water partition coefficient (Wildman–Crippen LogP) is 13.3. The molecule has 0 aliphatic heterocycles. The van der Waals surface area contributed by atoms with Gasteiger partial charge in [-0.25, -0.2) is 0 Å². The second-order valence-electron chi connectivity index (χ2n) is 13.6. The SMILES string of the molecule is c1ccc(-n2c3ccccc3c3c4c5c(-c6cccc7oc8ccccc8c67)cccc5n(-c5cccc6oc7ccccc7c56)c4ccc32)cc1. The maximum absolute atomic E-state index is 6.44. The first-order chi connectivity index (χ1) is 25.8. The molecular formula is C48H28N2O2. The average molecular weight is 665 g/mol. The molecule has 242 valence electrons. The minimum atomic E-state index is 0.876. The minimum absolute atomic E-state index is 0.876. The fourth-order valence-corrected chi connectivity index (χ4v) is 8.89. The van der Waals surface area contributed by atoms with Crippen molar-refractivity contribution in [3.63, 3.8) is 0 Å². The van der Waals surface area contributed by atoms with Gasteiger partial charge in [-0.15, -0.1) is 0 Å². The molecule has 12 aromatic rings. The zero-order valence-corrected chi connectivity index (χ0v) is 27.9. The van der Waals surface area contributed by atoms with Crippen molar-refractivity contribution in [2.75, 3.05) is 0 Å². The van der Waals surface area contributed by atoms with Crippen LogP contribution in [-0.2, 0) is 0 Å². The Balaban J connectivity index is 1.33. The van der Waals surface area contributed by atoms with Gasteiger partial charge in [-0.2, -0.15) is 0 Å². The highest BCUT2D eigenvalue weighted by Crippen LogP contribution is 2.48. The molecule has 52 heavy (non-hydrogen) atoms. The lowest BCUT2D eigenvalue weighted by Crippen LogP contribution is -1.95. The van der Waals surface area contributed by atoms with Crippen LogP contribution in [0.15, 0.2) is 179 Å². The van der Waals surface area contributed by atoms with E-state index in [-0.39, 0.29) is 0 Å². The highest BCUT2D eigenvalue weighted by Gasteiger charge is 2.25. The second-order valence-corrected chi connectivity index (χ2v) is 13.6. The van der Waals surface area contributed by atoms with Crippen molar-refractivity contribution >= 4 is 87.5 Å². The molecule has 0 aliphatic rings. The predicted molar refractivity (Wildman–Crippen MR) is 215 cm³/mol. The molecule has 0 spiro atoms. The largest absolute Gasteiger partial charge is 0.456 e. The van der Waals surface area contributed by atoms with E-state index in [2.05, 4.69) is 167 Å². The quantitative estimate of drug-likeness (QED) is 0.188. The standard InChI is InChI=1S/C48H28N2O2/c1-2-13-29(14-3-1)49-35-20-7-4-15-32(35)47-38(49)27-28-39-48(47)46-31(30-19-11-25-42-44(30)33-16-5-8-23-40(33)51-42)18-10-21-37(46)50(39)36-22-12-26-43-45(36)34-17-6-9-24-41(34)52-43/h1-28H. The Hall–Kier alpha value is -7.04. The van der Waals surface area contributed by atoms with Crippen molar-refractivity contribution in [2.45, 2.75) is 0 Å². The van der Waals surface area contributed by atoms with E-state index in [0.717, 1.165) is 71.8 Å². The van der Waals surface area contributed by atoms with Gasteiger partial charge in [0.05, 0.1) is 33.1 Å². The molecule has 12 rings (SSSR count). The van der Waals surface area contributed by atoms with Crippen molar-refractivity contribution in [2.24, 2.45) is 0 Å². The normalized spacial score (nSPS) is 12.2. The first kappa shape index (κ1) is 27.7. The van der Waals surface area contributed by atoms with Crippen LogP contribution in [0.1, 0.15) is 0 Å². The molecule has 0 unspecified atom stereocenters. The lowest BCUT2D eigenvalue weighted by molar-refractivity contribution is 0.668. The van der Waals surface area contributed by atoms with Gasteiger partial charge in [0.15, 0.2) is 0 Å². The number of hydrogen-bond donors (Lipinski definition) is 0. The zero-order chi connectivity index (χ0) is 33.9. The van der Waals surface area contributed by atoms with E-state index in [1.807, 2.05) is 12.1 Å². The van der Waals surface area contributed by atoms with Crippen LogP contribution in [0.4, 0.5) is 0 Å². The van der Waals surface area contributed by atoms with E-state index in [1.54, 1.807) is 0 Å². The minimum Gasteiger partial charge on any atom is -0.456 e. The van der Waals surface area contributed by atoms with E-state index >= 15 is 0 Å². The van der Waals surface area contributed by atoms with Crippen LogP contribution in [0.3, 0.4) is 0 Å². The first-order valence-electron chi connectivity index (χ1n) is 17.7. The molecule has 0 aliphatic carbocycles. The molecule has 0 atom stereocenters. The summed E-state index contributed by atoms with van der Waals surface area (Å²) in [6.07, 6.45) is 0. The summed E-state index contributed by atoms with van der Waals surface area (Å²) in [6.45, 7) is 0. The third-order valence-electron chi connectivity index (χ3n) is 10.9. The highest BCUT2D eigenvalue weighted by molar-refractivity contribution is 6.32. The van der Waals surface area contributed by atoms with Crippen LogP contribution in [0.25, 0.3) is 110 Å².